The van der Waals surface area contributed by atoms with Gasteiger partial charge in [0.1, 0.15) is 0 Å². The van der Waals surface area contributed by atoms with Crippen LogP contribution in [-0.4, -0.2) is 6.04 Å². The second kappa shape index (κ2) is 5.80. The Labute approximate surface area is 122 Å². The second-order valence-electron chi connectivity index (χ2n) is 6.15. The summed E-state index contributed by atoms with van der Waals surface area (Å²) < 4.78 is 0. The molecule has 1 nitrogen and oxygen atoms in total. The van der Waals surface area contributed by atoms with E-state index in [-0.39, 0.29) is 0 Å². The topological polar surface area (TPSA) is 12.0 Å². The third-order valence-electron chi connectivity index (χ3n) is 4.38. The molecule has 0 heterocycles. The van der Waals surface area contributed by atoms with Crippen molar-refractivity contribution < 1.29 is 0 Å². The first-order valence-electron chi connectivity index (χ1n) is 7.64. The molecule has 0 bridgehead atoms. The summed E-state index contributed by atoms with van der Waals surface area (Å²) >= 11 is 0. The molecule has 20 heavy (non-hydrogen) atoms. The van der Waals surface area contributed by atoms with Gasteiger partial charge in [-0.3, -0.25) is 0 Å². The molecule has 1 fully saturated rings. The van der Waals surface area contributed by atoms with Gasteiger partial charge in [-0.05, 0) is 42.4 Å². The van der Waals surface area contributed by atoms with Gasteiger partial charge in [-0.2, -0.15) is 0 Å². The van der Waals surface area contributed by atoms with Crippen LogP contribution < -0.4 is 5.32 Å². The molecule has 2 aromatic carbocycles. The van der Waals surface area contributed by atoms with Gasteiger partial charge in [-0.25, -0.2) is 0 Å². The number of hydrogen-bond acceptors (Lipinski definition) is 1. The third kappa shape index (κ3) is 2.94. The molecule has 1 N–H and O–H groups in total. The predicted molar refractivity (Wildman–Crippen MR) is 85.6 cm³/mol. The van der Waals surface area contributed by atoms with E-state index < -0.39 is 0 Å². The maximum atomic E-state index is 3.72. The zero-order chi connectivity index (χ0) is 13.9. The minimum atomic E-state index is 0.442. The van der Waals surface area contributed by atoms with Crippen LogP contribution >= 0.6 is 0 Å². The lowest BCUT2D eigenvalue weighted by molar-refractivity contribution is 0.226. The highest BCUT2D eigenvalue weighted by Gasteiger charge is 2.26. The smallest absolute Gasteiger partial charge is 0.0294 e. The van der Waals surface area contributed by atoms with Crippen LogP contribution in [0.1, 0.15) is 38.3 Å². The molecule has 0 saturated heterocycles. The zero-order valence-corrected chi connectivity index (χ0v) is 12.3. The average molecular weight is 265 g/mol. The number of hydrogen-bond donors (Lipinski definition) is 1. The lowest BCUT2D eigenvalue weighted by Crippen LogP contribution is -2.41. The van der Waals surface area contributed by atoms with Crippen LogP contribution in [0.4, 0.5) is 0 Å². The molecule has 3 rings (SSSR count). The van der Waals surface area contributed by atoms with Crippen molar-refractivity contribution in [1.29, 1.82) is 0 Å². The van der Waals surface area contributed by atoms with Crippen molar-refractivity contribution >= 4 is 0 Å². The number of nitrogens with one attached hydrogen (secondary N) is 1. The summed E-state index contributed by atoms with van der Waals surface area (Å²) in [7, 11) is 0. The van der Waals surface area contributed by atoms with Crippen LogP contribution in [0.3, 0.4) is 0 Å². The van der Waals surface area contributed by atoms with Crippen molar-refractivity contribution in [2.75, 3.05) is 0 Å². The summed E-state index contributed by atoms with van der Waals surface area (Å²) in [6.45, 7) is 4.60. The van der Waals surface area contributed by atoms with Crippen molar-refractivity contribution in [1.82, 2.24) is 5.32 Å². The molecule has 0 aromatic heterocycles. The van der Waals surface area contributed by atoms with Gasteiger partial charge in [-0.15, -0.1) is 0 Å². The van der Waals surface area contributed by atoms with E-state index in [9.17, 15) is 0 Å². The molecule has 1 aliphatic rings. The van der Waals surface area contributed by atoms with Gasteiger partial charge in [-0.1, -0.05) is 61.5 Å². The van der Waals surface area contributed by atoms with Gasteiger partial charge in [0.2, 0.25) is 0 Å². The Kier molecular flexibility index (Phi) is 3.88. The lowest BCUT2D eigenvalue weighted by atomic mass is 9.81. The van der Waals surface area contributed by atoms with Crippen LogP contribution in [-0.2, 0) is 0 Å². The van der Waals surface area contributed by atoms with Crippen LogP contribution in [0, 0.1) is 5.92 Å². The maximum absolute atomic E-state index is 3.72. The first-order chi connectivity index (χ1) is 9.72. The van der Waals surface area contributed by atoms with Gasteiger partial charge in [0.25, 0.3) is 0 Å². The summed E-state index contributed by atoms with van der Waals surface area (Å²) in [5, 5.41) is 3.72. The van der Waals surface area contributed by atoms with Gasteiger partial charge in [0.15, 0.2) is 0 Å². The standard InChI is InChI=1S/C19H23N/c1-14-12-19(13-14)20-15(2)16-8-10-18(11-9-16)17-6-4-3-5-7-17/h3-11,14-15,19-20H,12-13H2,1-2H3. The van der Waals surface area contributed by atoms with Crippen molar-refractivity contribution in [3.63, 3.8) is 0 Å². The Morgan fingerprint density at radius 1 is 0.900 bits per heavy atom. The highest BCUT2D eigenvalue weighted by atomic mass is 15.0. The first-order valence-corrected chi connectivity index (χ1v) is 7.64. The van der Waals surface area contributed by atoms with Crippen LogP contribution in [0.5, 0.6) is 0 Å². The quantitative estimate of drug-likeness (QED) is 0.837. The molecule has 0 spiro atoms. The van der Waals surface area contributed by atoms with E-state index >= 15 is 0 Å². The summed E-state index contributed by atoms with van der Waals surface area (Å²) in [5.74, 6) is 0.903. The highest BCUT2D eigenvalue weighted by molar-refractivity contribution is 5.63. The largest absolute Gasteiger partial charge is 0.307 e. The van der Waals surface area contributed by atoms with E-state index in [1.54, 1.807) is 0 Å². The Bertz CT molecular complexity index is 538. The summed E-state index contributed by atoms with van der Waals surface area (Å²) in [4.78, 5) is 0. The molecule has 0 aliphatic heterocycles. The van der Waals surface area contributed by atoms with Crippen molar-refractivity contribution in [3.8, 4) is 11.1 Å². The Balaban J connectivity index is 1.66. The Hall–Kier alpha value is -1.60. The fourth-order valence-corrected chi connectivity index (χ4v) is 3.08. The van der Waals surface area contributed by atoms with Crippen molar-refractivity contribution in [2.45, 2.75) is 38.8 Å². The maximum Gasteiger partial charge on any atom is 0.0294 e. The molecular weight excluding hydrogens is 242 g/mol. The minimum absolute atomic E-state index is 0.442. The molecular formula is C19H23N. The number of rotatable bonds is 4. The fourth-order valence-electron chi connectivity index (χ4n) is 3.08. The van der Waals surface area contributed by atoms with Crippen molar-refractivity contribution in [2.24, 2.45) is 5.92 Å². The third-order valence-corrected chi connectivity index (χ3v) is 4.38. The van der Waals surface area contributed by atoms with Gasteiger partial charge in [0, 0.05) is 12.1 Å². The van der Waals surface area contributed by atoms with E-state index in [1.165, 1.54) is 29.5 Å². The SMILES string of the molecule is CC1CC(NC(C)c2ccc(-c3ccccc3)cc2)C1. The summed E-state index contributed by atoms with van der Waals surface area (Å²) in [6, 6.07) is 20.7. The van der Waals surface area contributed by atoms with Crippen molar-refractivity contribution in [3.05, 3.63) is 60.2 Å². The average Bonchev–Trinajstić information content (AvgIpc) is 2.47. The molecule has 1 aliphatic carbocycles. The van der Waals surface area contributed by atoms with E-state index in [0.717, 1.165) is 5.92 Å². The number of benzene rings is 2. The molecule has 104 valence electrons. The molecule has 1 unspecified atom stereocenters. The van der Waals surface area contributed by atoms with E-state index in [1.807, 2.05) is 0 Å². The normalized spacial score (nSPS) is 23.1. The molecule has 1 atom stereocenters. The van der Waals surface area contributed by atoms with E-state index in [0.29, 0.717) is 12.1 Å². The summed E-state index contributed by atoms with van der Waals surface area (Å²) in [6.07, 6.45) is 2.65. The Morgan fingerprint density at radius 2 is 1.50 bits per heavy atom. The highest BCUT2D eigenvalue weighted by Crippen LogP contribution is 2.29. The second-order valence-corrected chi connectivity index (χ2v) is 6.15. The molecule has 2 aromatic rings. The Morgan fingerprint density at radius 3 is 2.10 bits per heavy atom. The zero-order valence-electron chi connectivity index (χ0n) is 12.3. The van der Waals surface area contributed by atoms with Gasteiger partial charge >= 0.3 is 0 Å². The van der Waals surface area contributed by atoms with E-state index in [2.05, 4.69) is 73.8 Å². The lowest BCUT2D eigenvalue weighted by Gasteiger charge is -2.35. The fraction of sp³-hybridized carbons (Fsp3) is 0.368. The van der Waals surface area contributed by atoms with Gasteiger partial charge in [0.05, 0.1) is 0 Å². The van der Waals surface area contributed by atoms with Crippen LogP contribution in [0.25, 0.3) is 11.1 Å². The monoisotopic (exact) mass is 265 g/mol. The molecule has 0 amide bonds. The van der Waals surface area contributed by atoms with Crippen LogP contribution in [0.15, 0.2) is 54.6 Å². The minimum Gasteiger partial charge on any atom is -0.307 e. The molecule has 1 saturated carbocycles. The van der Waals surface area contributed by atoms with Crippen LogP contribution in [0.2, 0.25) is 0 Å². The van der Waals surface area contributed by atoms with E-state index in [4.69, 9.17) is 0 Å². The molecule has 1 heteroatoms. The molecule has 0 radical (unpaired) electrons. The predicted octanol–water partition coefficient (Wildman–Crippen LogP) is 4.80. The summed E-state index contributed by atoms with van der Waals surface area (Å²) in [5.41, 5.74) is 3.95. The first kappa shape index (κ1) is 13.4. The van der Waals surface area contributed by atoms with Gasteiger partial charge < -0.3 is 5.32 Å².